The summed E-state index contributed by atoms with van der Waals surface area (Å²) in [5.41, 5.74) is 1.64. The van der Waals surface area contributed by atoms with Crippen molar-refractivity contribution in [2.24, 2.45) is 0 Å². The van der Waals surface area contributed by atoms with Gasteiger partial charge in [-0.25, -0.2) is 9.97 Å². The summed E-state index contributed by atoms with van der Waals surface area (Å²) in [6, 6.07) is 1.64. The summed E-state index contributed by atoms with van der Waals surface area (Å²) in [4.78, 5) is 42.0. The van der Waals surface area contributed by atoms with E-state index in [4.69, 9.17) is 4.52 Å². The first-order chi connectivity index (χ1) is 12.7. The van der Waals surface area contributed by atoms with E-state index in [9.17, 15) is 9.59 Å². The van der Waals surface area contributed by atoms with Crippen LogP contribution in [-0.2, 0) is 19.4 Å². The normalized spacial score (nSPS) is 13.5. The molecule has 0 saturated carbocycles. The predicted molar refractivity (Wildman–Crippen MR) is 90.2 cm³/mol. The van der Waals surface area contributed by atoms with Crippen LogP contribution in [0.2, 0.25) is 0 Å². The molecule has 9 nitrogen and oxygen atoms in total. The maximum Gasteiger partial charge on any atom is 0.276 e. The van der Waals surface area contributed by atoms with Crippen molar-refractivity contribution in [2.45, 2.75) is 26.3 Å². The lowest BCUT2D eigenvalue weighted by molar-refractivity contribution is 0.0722. The van der Waals surface area contributed by atoms with E-state index in [0.29, 0.717) is 47.9 Å². The number of hydrogen-bond acceptors (Lipinski definition) is 7. The highest BCUT2D eigenvalue weighted by Crippen LogP contribution is 2.19. The monoisotopic (exact) mass is 352 g/mol. The van der Waals surface area contributed by atoms with Crippen LogP contribution in [0.25, 0.3) is 11.5 Å². The summed E-state index contributed by atoms with van der Waals surface area (Å²) < 4.78 is 5.09. The van der Waals surface area contributed by atoms with Gasteiger partial charge < -0.3 is 14.4 Å². The molecule has 0 atom stereocenters. The molecule has 1 aliphatic heterocycles. The van der Waals surface area contributed by atoms with Gasteiger partial charge in [0.2, 0.25) is 0 Å². The van der Waals surface area contributed by atoms with E-state index >= 15 is 0 Å². The van der Waals surface area contributed by atoms with Crippen LogP contribution in [0.1, 0.15) is 34.4 Å². The largest absolute Gasteiger partial charge is 0.361 e. The van der Waals surface area contributed by atoms with Crippen molar-refractivity contribution in [1.82, 2.24) is 30.0 Å². The van der Waals surface area contributed by atoms with Gasteiger partial charge in [0.05, 0.1) is 24.0 Å². The zero-order chi connectivity index (χ0) is 18.1. The molecular weight excluding hydrogens is 336 g/mol. The van der Waals surface area contributed by atoms with E-state index in [-0.39, 0.29) is 23.7 Å². The first-order valence-corrected chi connectivity index (χ1v) is 8.29. The summed E-state index contributed by atoms with van der Waals surface area (Å²) in [5.74, 6) is 0.779. The van der Waals surface area contributed by atoms with Crippen LogP contribution in [0.5, 0.6) is 0 Å². The molecule has 0 unspecified atom stereocenters. The average Bonchev–Trinajstić information content (AvgIpc) is 3.17. The third kappa shape index (κ3) is 2.87. The van der Waals surface area contributed by atoms with Gasteiger partial charge in [-0.2, -0.15) is 0 Å². The first-order valence-electron chi connectivity index (χ1n) is 8.29. The van der Waals surface area contributed by atoms with Crippen LogP contribution < -0.4 is 5.56 Å². The number of nitrogens with zero attached hydrogens (tertiary/aromatic N) is 5. The maximum atomic E-state index is 12.6. The van der Waals surface area contributed by atoms with Gasteiger partial charge in [-0.15, -0.1) is 0 Å². The molecule has 0 radical (unpaired) electrons. The van der Waals surface area contributed by atoms with Crippen LogP contribution in [-0.4, -0.2) is 42.4 Å². The van der Waals surface area contributed by atoms with Crippen molar-refractivity contribution in [3.05, 3.63) is 57.7 Å². The standard InChI is InChI=1S/C17H16N6O3/c1-2-10-7-13(22-26-10)17(25)23-6-3-12-11(9-23)16(24)21-15(20-12)14-8-18-4-5-19-14/h4-5,7-8H,2-3,6,9H2,1H3,(H,20,21,24). The Hall–Kier alpha value is -3.36. The molecule has 1 amide bonds. The SMILES string of the molecule is CCc1cc(C(=O)N2CCc3nc(-c4cnccn4)[nH]c(=O)c3C2)no1. The molecule has 1 aliphatic rings. The van der Waals surface area contributed by atoms with Crippen molar-refractivity contribution in [3.8, 4) is 11.5 Å². The summed E-state index contributed by atoms with van der Waals surface area (Å²) in [6.45, 7) is 2.56. The Morgan fingerprint density at radius 2 is 2.27 bits per heavy atom. The van der Waals surface area contributed by atoms with E-state index < -0.39 is 0 Å². The van der Waals surface area contributed by atoms with Crippen LogP contribution in [0.15, 0.2) is 34.0 Å². The highest BCUT2D eigenvalue weighted by molar-refractivity contribution is 5.92. The van der Waals surface area contributed by atoms with Crippen LogP contribution in [0.3, 0.4) is 0 Å². The van der Waals surface area contributed by atoms with Crippen LogP contribution in [0, 0.1) is 0 Å². The van der Waals surface area contributed by atoms with Gasteiger partial charge in [0.1, 0.15) is 11.5 Å². The molecule has 3 aromatic rings. The number of aromatic nitrogens is 5. The molecule has 0 aromatic carbocycles. The lowest BCUT2D eigenvalue weighted by Gasteiger charge is -2.27. The number of aryl methyl sites for hydroxylation is 1. The number of H-pyrrole nitrogens is 1. The minimum atomic E-state index is -0.275. The molecule has 0 aliphatic carbocycles. The van der Waals surface area contributed by atoms with Gasteiger partial charge >= 0.3 is 0 Å². The summed E-state index contributed by atoms with van der Waals surface area (Å²) >= 11 is 0. The van der Waals surface area contributed by atoms with Gasteiger partial charge in [0.25, 0.3) is 11.5 Å². The Balaban J connectivity index is 1.61. The minimum Gasteiger partial charge on any atom is -0.361 e. The van der Waals surface area contributed by atoms with Gasteiger partial charge in [-0.1, -0.05) is 12.1 Å². The molecule has 9 heteroatoms. The van der Waals surface area contributed by atoms with Gasteiger partial charge in [0, 0.05) is 37.8 Å². The predicted octanol–water partition coefficient (Wildman–Crippen LogP) is 0.976. The van der Waals surface area contributed by atoms with Gasteiger partial charge in [0.15, 0.2) is 11.5 Å². The molecule has 0 fully saturated rings. The smallest absolute Gasteiger partial charge is 0.276 e. The average molecular weight is 352 g/mol. The number of carbonyl (C=O) groups excluding carboxylic acids is 1. The van der Waals surface area contributed by atoms with Crippen molar-refractivity contribution in [3.63, 3.8) is 0 Å². The lowest BCUT2D eigenvalue weighted by Crippen LogP contribution is -2.39. The summed E-state index contributed by atoms with van der Waals surface area (Å²) in [5, 5.41) is 3.81. The number of aromatic amines is 1. The zero-order valence-electron chi connectivity index (χ0n) is 14.1. The fraction of sp³-hybridized carbons (Fsp3) is 0.294. The molecule has 4 rings (SSSR count). The highest BCUT2D eigenvalue weighted by Gasteiger charge is 2.27. The van der Waals surface area contributed by atoms with E-state index in [2.05, 4.69) is 25.1 Å². The third-order valence-electron chi connectivity index (χ3n) is 4.29. The molecule has 3 aromatic heterocycles. The molecule has 26 heavy (non-hydrogen) atoms. The number of fused-ring (bicyclic) bond motifs is 1. The Morgan fingerprint density at radius 3 is 3.00 bits per heavy atom. The molecule has 0 bridgehead atoms. The molecule has 0 spiro atoms. The lowest BCUT2D eigenvalue weighted by atomic mass is 10.1. The molecule has 4 heterocycles. The third-order valence-corrected chi connectivity index (χ3v) is 4.29. The maximum absolute atomic E-state index is 12.6. The quantitative estimate of drug-likeness (QED) is 0.746. The van der Waals surface area contributed by atoms with E-state index in [1.165, 1.54) is 6.20 Å². The summed E-state index contributed by atoms with van der Waals surface area (Å²) in [7, 11) is 0. The van der Waals surface area contributed by atoms with E-state index in [1.54, 1.807) is 23.4 Å². The topological polar surface area (TPSA) is 118 Å². The fourth-order valence-electron chi connectivity index (χ4n) is 2.88. The number of rotatable bonds is 3. The number of carbonyl (C=O) groups is 1. The Kier molecular flexibility index (Phi) is 4.04. The van der Waals surface area contributed by atoms with Crippen molar-refractivity contribution >= 4 is 5.91 Å². The molecule has 132 valence electrons. The second kappa shape index (κ2) is 6.51. The molecule has 0 saturated heterocycles. The van der Waals surface area contributed by atoms with Crippen LogP contribution in [0.4, 0.5) is 0 Å². The fourth-order valence-corrected chi connectivity index (χ4v) is 2.88. The first kappa shape index (κ1) is 16.1. The Labute approximate surface area is 148 Å². The van der Waals surface area contributed by atoms with Crippen molar-refractivity contribution in [2.75, 3.05) is 6.54 Å². The highest BCUT2D eigenvalue weighted by atomic mass is 16.5. The van der Waals surface area contributed by atoms with Gasteiger partial charge in [-0.05, 0) is 0 Å². The van der Waals surface area contributed by atoms with Crippen LogP contribution >= 0.6 is 0 Å². The van der Waals surface area contributed by atoms with Crippen molar-refractivity contribution < 1.29 is 9.32 Å². The Bertz CT molecular complexity index is 1010. The number of nitrogens with one attached hydrogen (secondary N) is 1. The van der Waals surface area contributed by atoms with E-state index in [0.717, 1.165) is 0 Å². The molecular formula is C17H16N6O3. The summed E-state index contributed by atoms with van der Waals surface area (Å²) in [6.07, 6.45) is 5.78. The zero-order valence-corrected chi connectivity index (χ0v) is 14.1. The van der Waals surface area contributed by atoms with Gasteiger partial charge in [-0.3, -0.25) is 14.6 Å². The second-order valence-electron chi connectivity index (χ2n) is 5.94. The Morgan fingerprint density at radius 1 is 1.38 bits per heavy atom. The number of amides is 1. The number of hydrogen-bond donors (Lipinski definition) is 1. The van der Waals surface area contributed by atoms with Crippen molar-refractivity contribution in [1.29, 1.82) is 0 Å². The second-order valence-corrected chi connectivity index (χ2v) is 5.94. The minimum absolute atomic E-state index is 0.186. The molecule has 1 N–H and O–H groups in total. The van der Waals surface area contributed by atoms with E-state index in [1.807, 2.05) is 6.92 Å².